The van der Waals surface area contributed by atoms with E-state index in [0.717, 1.165) is 16.8 Å². The molecule has 1 aromatic heterocycles. The van der Waals surface area contributed by atoms with Crippen molar-refractivity contribution >= 4 is 29.1 Å². The number of benzene rings is 3. The van der Waals surface area contributed by atoms with Crippen LogP contribution in [0.15, 0.2) is 94.6 Å². The van der Waals surface area contributed by atoms with Crippen molar-refractivity contribution in [2.45, 2.75) is 12.1 Å². The summed E-state index contributed by atoms with van der Waals surface area (Å²) in [5, 5.41) is 3.23. The zero-order chi connectivity index (χ0) is 21.6. The zero-order valence-corrected chi connectivity index (χ0v) is 17.7. The van der Waals surface area contributed by atoms with Crippen molar-refractivity contribution in [1.82, 2.24) is 4.98 Å². The number of aromatic nitrogens is 1. The van der Waals surface area contributed by atoms with Crippen LogP contribution in [0.4, 0.5) is 5.69 Å². The number of oxazole rings is 1. The number of amides is 1. The van der Waals surface area contributed by atoms with Crippen LogP contribution in [0.5, 0.6) is 0 Å². The highest BCUT2D eigenvalue weighted by Gasteiger charge is 2.18. The van der Waals surface area contributed by atoms with Gasteiger partial charge in [-0.2, -0.15) is 0 Å². The molecule has 1 heterocycles. The SMILES string of the molecule is CC(=O)c1cccc(NC(=O)CSc2nc(-c3ccccc3)c(-c3ccccc3)o2)c1. The molecule has 1 N–H and O–H groups in total. The number of nitrogens with zero attached hydrogens (tertiary/aromatic N) is 1. The third-order valence-electron chi connectivity index (χ3n) is 4.57. The first-order chi connectivity index (χ1) is 15.1. The van der Waals surface area contributed by atoms with E-state index in [1.807, 2.05) is 60.7 Å². The Balaban J connectivity index is 1.51. The summed E-state index contributed by atoms with van der Waals surface area (Å²) in [6.45, 7) is 1.49. The molecule has 0 saturated heterocycles. The summed E-state index contributed by atoms with van der Waals surface area (Å²) in [6, 6.07) is 26.5. The molecular formula is C25H20N2O3S. The number of ketones is 1. The van der Waals surface area contributed by atoms with Gasteiger partial charge in [-0.25, -0.2) is 4.98 Å². The van der Waals surface area contributed by atoms with Gasteiger partial charge < -0.3 is 9.73 Å². The number of carbonyl (C=O) groups excluding carboxylic acids is 2. The predicted molar refractivity (Wildman–Crippen MR) is 123 cm³/mol. The van der Waals surface area contributed by atoms with Crippen molar-refractivity contribution in [2.24, 2.45) is 0 Å². The summed E-state index contributed by atoms with van der Waals surface area (Å²) in [5.74, 6) is 0.551. The van der Waals surface area contributed by atoms with Crippen molar-refractivity contribution < 1.29 is 14.0 Å². The Morgan fingerprint density at radius 1 is 0.903 bits per heavy atom. The second kappa shape index (κ2) is 9.45. The van der Waals surface area contributed by atoms with E-state index in [4.69, 9.17) is 4.42 Å². The van der Waals surface area contributed by atoms with Crippen LogP contribution in [-0.4, -0.2) is 22.4 Å². The predicted octanol–water partition coefficient (Wildman–Crippen LogP) is 5.94. The van der Waals surface area contributed by atoms with Gasteiger partial charge in [0.25, 0.3) is 5.22 Å². The van der Waals surface area contributed by atoms with E-state index in [-0.39, 0.29) is 17.4 Å². The number of hydrogen-bond donors (Lipinski definition) is 1. The number of rotatable bonds is 7. The van der Waals surface area contributed by atoms with E-state index < -0.39 is 0 Å². The highest BCUT2D eigenvalue weighted by molar-refractivity contribution is 7.99. The number of thioether (sulfide) groups is 1. The Labute approximate surface area is 184 Å². The summed E-state index contributed by atoms with van der Waals surface area (Å²) in [5.41, 5.74) is 3.75. The van der Waals surface area contributed by atoms with E-state index in [1.165, 1.54) is 18.7 Å². The maximum Gasteiger partial charge on any atom is 0.257 e. The molecule has 0 aliphatic heterocycles. The van der Waals surface area contributed by atoms with Crippen LogP contribution in [0.3, 0.4) is 0 Å². The average molecular weight is 429 g/mol. The van der Waals surface area contributed by atoms with Crippen LogP contribution < -0.4 is 5.32 Å². The highest BCUT2D eigenvalue weighted by atomic mass is 32.2. The molecular weight excluding hydrogens is 408 g/mol. The summed E-state index contributed by atoms with van der Waals surface area (Å²) < 4.78 is 6.03. The van der Waals surface area contributed by atoms with Crippen LogP contribution in [0.25, 0.3) is 22.6 Å². The largest absolute Gasteiger partial charge is 0.431 e. The van der Waals surface area contributed by atoms with Gasteiger partial charge in [-0.3, -0.25) is 9.59 Å². The average Bonchev–Trinajstić information content (AvgIpc) is 3.23. The van der Waals surface area contributed by atoms with E-state index in [9.17, 15) is 9.59 Å². The maximum atomic E-state index is 12.4. The molecule has 5 nitrogen and oxygen atoms in total. The van der Waals surface area contributed by atoms with Gasteiger partial charge in [0, 0.05) is 22.4 Å². The first-order valence-electron chi connectivity index (χ1n) is 9.75. The Hall–Kier alpha value is -3.64. The first kappa shape index (κ1) is 20.6. The second-order valence-corrected chi connectivity index (χ2v) is 7.79. The summed E-state index contributed by atoms with van der Waals surface area (Å²) in [6.07, 6.45) is 0. The van der Waals surface area contributed by atoms with Gasteiger partial charge in [0.1, 0.15) is 5.69 Å². The van der Waals surface area contributed by atoms with Crippen molar-refractivity contribution in [2.75, 3.05) is 11.1 Å². The molecule has 4 rings (SSSR count). The quantitative estimate of drug-likeness (QED) is 0.291. The zero-order valence-electron chi connectivity index (χ0n) is 16.9. The number of nitrogens with one attached hydrogen (secondary N) is 1. The topological polar surface area (TPSA) is 72.2 Å². The van der Waals surface area contributed by atoms with E-state index in [1.54, 1.807) is 24.3 Å². The summed E-state index contributed by atoms with van der Waals surface area (Å²) in [4.78, 5) is 28.6. The van der Waals surface area contributed by atoms with Crippen molar-refractivity contribution in [3.8, 4) is 22.6 Å². The smallest absolute Gasteiger partial charge is 0.257 e. The van der Waals surface area contributed by atoms with Crippen LogP contribution in [0, 0.1) is 0 Å². The lowest BCUT2D eigenvalue weighted by Crippen LogP contribution is -2.14. The normalized spacial score (nSPS) is 10.6. The molecule has 31 heavy (non-hydrogen) atoms. The molecule has 0 unspecified atom stereocenters. The number of carbonyl (C=O) groups is 2. The molecule has 0 spiro atoms. The molecule has 0 aliphatic carbocycles. The lowest BCUT2D eigenvalue weighted by atomic mass is 10.1. The van der Waals surface area contributed by atoms with Gasteiger partial charge in [-0.15, -0.1) is 0 Å². The molecule has 3 aromatic carbocycles. The first-order valence-corrected chi connectivity index (χ1v) is 10.7. The molecule has 0 radical (unpaired) electrons. The van der Waals surface area contributed by atoms with Crippen molar-refractivity contribution in [3.05, 3.63) is 90.5 Å². The monoisotopic (exact) mass is 428 g/mol. The fourth-order valence-corrected chi connectivity index (χ4v) is 3.70. The Kier molecular flexibility index (Phi) is 6.29. The molecule has 0 fully saturated rings. The highest BCUT2D eigenvalue weighted by Crippen LogP contribution is 2.35. The van der Waals surface area contributed by atoms with E-state index in [0.29, 0.717) is 22.2 Å². The number of Topliss-reactive ketones (excluding diaryl/α,β-unsaturated/α-hetero) is 1. The molecule has 0 atom stereocenters. The minimum atomic E-state index is -0.202. The van der Waals surface area contributed by atoms with Crippen LogP contribution >= 0.6 is 11.8 Å². The lowest BCUT2D eigenvalue weighted by Gasteiger charge is -2.05. The Morgan fingerprint density at radius 2 is 1.58 bits per heavy atom. The molecule has 4 aromatic rings. The Morgan fingerprint density at radius 3 is 2.26 bits per heavy atom. The van der Waals surface area contributed by atoms with Crippen LogP contribution in [0.1, 0.15) is 17.3 Å². The Bertz CT molecular complexity index is 1150. The molecule has 0 saturated carbocycles. The third kappa shape index (κ3) is 5.10. The number of hydrogen-bond acceptors (Lipinski definition) is 5. The van der Waals surface area contributed by atoms with Gasteiger partial charge in [0.05, 0.1) is 5.75 Å². The van der Waals surface area contributed by atoms with Gasteiger partial charge in [0.15, 0.2) is 11.5 Å². The fourth-order valence-electron chi connectivity index (χ4n) is 3.08. The molecule has 1 amide bonds. The van der Waals surface area contributed by atoms with Gasteiger partial charge in [-0.05, 0) is 19.1 Å². The number of anilines is 1. The lowest BCUT2D eigenvalue weighted by molar-refractivity contribution is -0.113. The fraction of sp³-hybridized carbons (Fsp3) is 0.0800. The maximum absolute atomic E-state index is 12.4. The van der Waals surface area contributed by atoms with E-state index >= 15 is 0 Å². The van der Waals surface area contributed by atoms with E-state index in [2.05, 4.69) is 10.3 Å². The van der Waals surface area contributed by atoms with Crippen molar-refractivity contribution in [3.63, 3.8) is 0 Å². The standard InChI is InChI=1S/C25H20N2O3S/c1-17(28)20-13-8-14-21(15-20)26-22(29)16-31-25-27-23(18-9-4-2-5-10-18)24(30-25)19-11-6-3-7-12-19/h2-15H,16H2,1H3,(H,26,29). The molecule has 0 aliphatic rings. The summed E-state index contributed by atoms with van der Waals surface area (Å²) >= 11 is 1.23. The van der Waals surface area contributed by atoms with Crippen LogP contribution in [-0.2, 0) is 4.79 Å². The van der Waals surface area contributed by atoms with Gasteiger partial charge >= 0.3 is 0 Å². The third-order valence-corrected chi connectivity index (χ3v) is 5.40. The van der Waals surface area contributed by atoms with Crippen LogP contribution in [0.2, 0.25) is 0 Å². The van der Waals surface area contributed by atoms with Gasteiger partial charge in [0.2, 0.25) is 5.91 Å². The summed E-state index contributed by atoms with van der Waals surface area (Å²) in [7, 11) is 0. The second-order valence-electron chi connectivity index (χ2n) is 6.86. The molecule has 6 heteroatoms. The molecule has 154 valence electrons. The molecule has 0 bridgehead atoms. The van der Waals surface area contributed by atoms with Gasteiger partial charge in [-0.1, -0.05) is 84.6 Å². The minimum absolute atomic E-state index is 0.0489. The van der Waals surface area contributed by atoms with Crippen molar-refractivity contribution in [1.29, 1.82) is 0 Å². The minimum Gasteiger partial charge on any atom is -0.431 e.